The van der Waals surface area contributed by atoms with Crippen LogP contribution in [0.4, 0.5) is 0 Å². The van der Waals surface area contributed by atoms with Crippen molar-refractivity contribution in [3.8, 4) is 0 Å². The van der Waals surface area contributed by atoms with Crippen LogP contribution in [0.25, 0.3) is 0 Å². The topological polar surface area (TPSA) is 26.9 Å². The lowest BCUT2D eigenvalue weighted by atomic mass is 9.97. The van der Waals surface area contributed by atoms with Crippen LogP contribution in [-0.4, -0.2) is 9.13 Å². The molecule has 3 heteroatoms. The summed E-state index contributed by atoms with van der Waals surface area (Å²) in [6.07, 6.45) is 3.61. The van der Waals surface area contributed by atoms with E-state index in [1.54, 1.807) is 22.4 Å². The number of nitrogens with zero attached hydrogens (tertiary/aromatic N) is 2. The van der Waals surface area contributed by atoms with Crippen LogP contribution in [0.3, 0.4) is 0 Å². The fourth-order valence-corrected chi connectivity index (χ4v) is 1.14. The average molecular weight is 168 g/mol. The maximum atomic E-state index is 11.4. The number of aromatic nitrogens is 2. The Bertz CT molecular complexity index is 314. The molecule has 0 fully saturated rings. The second-order valence-corrected chi connectivity index (χ2v) is 4.38. The Morgan fingerprint density at radius 1 is 1.33 bits per heavy atom. The lowest BCUT2D eigenvalue weighted by Gasteiger charge is -2.17. The summed E-state index contributed by atoms with van der Waals surface area (Å²) >= 11 is 0. The summed E-state index contributed by atoms with van der Waals surface area (Å²) in [7, 11) is 1.77. The van der Waals surface area contributed by atoms with E-state index in [2.05, 4.69) is 20.8 Å². The van der Waals surface area contributed by atoms with Crippen LogP contribution in [0.15, 0.2) is 17.2 Å². The first-order chi connectivity index (χ1) is 5.40. The van der Waals surface area contributed by atoms with Gasteiger partial charge in [-0.3, -0.25) is 4.57 Å². The van der Waals surface area contributed by atoms with Crippen LogP contribution in [0.2, 0.25) is 0 Å². The van der Waals surface area contributed by atoms with Gasteiger partial charge < -0.3 is 4.57 Å². The van der Waals surface area contributed by atoms with E-state index < -0.39 is 0 Å². The molecule has 0 spiro atoms. The van der Waals surface area contributed by atoms with Gasteiger partial charge in [0.25, 0.3) is 0 Å². The maximum Gasteiger partial charge on any atom is 0.327 e. The third-order valence-corrected chi connectivity index (χ3v) is 1.66. The van der Waals surface area contributed by atoms with Gasteiger partial charge in [0, 0.05) is 26.0 Å². The van der Waals surface area contributed by atoms with Crippen LogP contribution in [0.1, 0.15) is 20.8 Å². The fourth-order valence-electron chi connectivity index (χ4n) is 1.14. The molecule has 0 unspecified atom stereocenters. The Balaban J connectivity index is 2.91. The molecule has 0 bridgehead atoms. The normalized spacial score (nSPS) is 12.0. The number of imidazole rings is 1. The molecular formula is C9H16N2O. The minimum absolute atomic E-state index is 0.0601. The summed E-state index contributed by atoms with van der Waals surface area (Å²) in [5, 5.41) is 0. The summed E-state index contributed by atoms with van der Waals surface area (Å²) in [5.41, 5.74) is 0.218. The standard InChI is InChI=1S/C9H16N2O/c1-9(2,3)7-11-6-5-10(4)8(11)12/h5-6H,7H2,1-4H3. The molecule has 0 aliphatic carbocycles. The highest BCUT2D eigenvalue weighted by Crippen LogP contribution is 2.14. The van der Waals surface area contributed by atoms with Gasteiger partial charge in [-0.2, -0.15) is 0 Å². The van der Waals surface area contributed by atoms with Crippen LogP contribution in [0.5, 0.6) is 0 Å². The first-order valence-electron chi connectivity index (χ1n) is 4.12. The smallest absolute Gasteiger partial charge is 0.302 e. The Morgan fingerprint density at radius 3 is 2.25 bits per heavy atom. The van der Waals surface area contributed by atoms with E-state index in [0.717, 1.165) is 6.54 Å². The molecule has 1 aromatic heterocycles. The zero-order valence-corrected chi connectivity index (χ0v) is 8.16. The Morgan fingerprint density at radius 2 is 1.92 bits per heavy atom. The minimum Gasteiger partial charge on any atom is -0.302 e. The number of hydrogen-bond donors (Lipinski definition) is 0. The Labute approximate surface area is 72.6 Å². The van der Waals surface area contributed by atoms with Crippen molar-refractivity contribution in [2.45, 2.75) is 27.3 Å². The number of rotatable bonds is 1. The molecule has 0 aliphatic rings. The molecule has 1 rings (SSSR count). The molecule has 0 atom stereocenters. The van der Waals surface area contributed by atoms with Crippen molar-refractivity contribution in [1.29, 1.82) is 0 Å². The highest BCUT2D eigenvalue weighted by atomic mass is 16.1. The van der Waals surface area contributed by atoms with Gasteiger partial charge in [0.1, 0.15) is 0 Å². The molecule has 12 heavy (non-hydrogen) atoms. The van der Waals surface area contributed by atoms with Crippen molar-refractivity contribution in [3.63, 3.8) is 0 Å². The second kappa shape index (κ2) is 2.81. The largest absolute Gasteiger partial charge is 0.327 e. The van der Waals surface area contributed by atoms with Crippen LogP contribution in [-0.2, 0) is 13.6 Å². The first kappa shape index (κ1) is 9.10. The fraction of sp³-hybridized carbons (Fsp3) is 0.667. The molecule has 1 aromatic rings. The van der Waals surface area contributed by atoms with Gasteiger partial charge in [0.05, 0.1) is 0 Å². The summed E-state index contributed by atoms with van der Waals surface area (Å²) in [5.74, 6) is 0. The highest BCUT2D eigenvalue weighted by molar-refractivity contribution is 4.81. The Hall–Kier alpha value is -0.990. The van der Waals surface area contributed by atoms with Crippen molar-refractivity contribution in [2.24, 2.45) is 12.5 Å². The highest BCUT2D eigenvalue weighted by Gasteiger charge is 2.12. The lowest BCUT2D eigenvalue weighted by Crippen LogP contribution is -2.27. The van der Waals surface area contributed by atoms with Crippen LogP contribution in [0, 0.1) is 5.41 Å². The number of aryl methyl sites for hydroxylation is 1. The van der Waals surface area contributed by atoms with Crippen molar-refractivity contribution < 1.29 is 0 Å². The van der Waals surface area contributed by atoms with Crippen LogP contribution >= 0.6 is 0 Å². The predicted octanol–water partition coefficient (Wildman–Crippen LogP) is 1.23. The van der Waals surface area contributed by atoms with Gasteiger partial charge in [-0.15, -0.1) is 0 Å². The molecule has 0 saturated carbocycles. The minimum atomic E-state index is 0.0601. The van der Waals surface area contributed by atoms with Crippen molar-refractivity contribution in [3.05, 3.63) is 22.9 Å². The molecule has 0 radical (unpaired) electrons. The van der Waals surface area contributed by atoms with Crippen molar-refractivity contribution in [1.82, 2.24) is 9.13 Å². The van der Waals surface area contributed by atoms with Gasteiger partial charge in [0.2, 0.25) is 0 Å². The SMILES string of the molecule is Cn1ccn(CC(C)(C)C)c1=O. The molecule has 0 aliphatic heterocycles. The zero-order valence-electron chi connectivity index (χ0n) is 8.16. The van der Waals surface area contributed by atoms with Gasteiger partial charge in [-0.25, -0.2) is 4.79 Å². The first-order valence-corrected chi connectivity index (χ1v) is 4.12. The van der Waals surface area contributed by atoms with Crippen molar-refractivity contribution in [2.75, 3.05) is 0 Å². The molecule has 3 nitrogen and oxygen atoms in total. The van der Waals surface area contributed by atoms with Gasteiger partial charge in [-0.1, -0.05) is 20.8 Å². The lowest BCUT2D eigenvalue weighted by molar-refractivity contribution is 0.337. The van der Waals surface area contributed by atoms with E-state index in [0.29, 0.717) is 0 Å². The summed E-state index contributed by atoms with van der Waals surface area (Å²) in [6, 6.07) is 0. The van der Waals surface area contributed by atoms with Gasteiger partial charge in [-0.05, 0) is 5.41 Å². The molecule has 1 heterocycles. The summed E-state index contributed by atoms with van der Waals surface area (Å²) in [6.45, 7) is 7.12. The zero-order chi connectivity index (χ0) is 9.35. The van der Waals surface area contributed by atoms with E-state index in [9.17, 15) is 4.79 Å². The van der Waals surface area contributed by atoms with E-state index >= 15 is 0 Å². The molecule has 0 N–H and O–H groups in total. The van der Waals surface area contributed by atoms with Gasteiger partial charge >= 0.3 is 5.69 Å². The predicted molar refractivity (Wildman–Crippen MR) is 49.1 cm³/mol. The molecular weight excluding hydrogens is 152 g/mol. The van der Waals surface area contributed by atoms with E-state index in [-0.39, 0.29) is 11.1 Å². The quantitative estimate of drug-likeness (QED) is 0.619. The van der Waals surface area contributed by atoms with E-state index in [1.165, 1.54) is 0 Å². The van der Waals surface area contributed by atoms with Crippen molar-refractivity contribution >= 4 is 0 Å². The summed E-state index contributed by atoms with van der Waals surface area (Å²) < 4.78 is 3.33. The third-order valence-electron chi connectivity index (χ3n) is 1.66. The Kier molecular flexibility index (Phi) is 2.13. The molecule has 0 saturated heterocycles. The average Bonchev–Trinajstić information content (AvgIpc) is 2.16. The molecule has 68 valence electrons. The third kappa shape index (κ3) is 2.00. The van der Waals surface area contributed by atoms with Gasteiger partial charge in [0.15, 0.2) is 0 Å². The number of hydrogen-bond acceptors (Lipinski definition) is 1. The molecule has 0 amide bonds. The van der Waals surface area contributed by atoms with Crippen LogP contribution < -0.4 is 5.69 Å². The molecule has 0 aromatic carbocycles. The monoisotopic (exact) mass is 168 g/mol. The second-order valence-electron chi connectivity index (χ2n) is 4.38. The van der Waals surface area contributed by atoms with E-state index in [1.807, 2.05) is 6.20 Å². The maximum absolute atomic E-state index is 11.4. The summed E-state index contributed by atoms with van der Waals surface area (Å²) in [4.78, 5) is 11.4. The van der Waals surface area contributed by atoms with E-state index in [4.69, 9.17) is 0 Å².